The number of para-hydroxylation sites is 1. The first-order valence-electron chi connectivity index (χ1n) is 10.6. The zero-order valence-corrected chi connectivity index (χ0v) is 18.5. The van der Waals surface area contributed by atoms with Crippen molar-refractivity contribution in [2.45, 2.75) is 13.0 Å². The molecule has 3 aromatic rings. The number of amides is 2. The molecule has 0 radical (unpaired) electrons. The van der Waals surface area contributed by atoms with Gasteiger partial charge in [-0.05, 0) is 42.0 Å². The molecular weight excluding hydrogens is 445 g/mol. The first kappa shape index (κ1) is 19.8. The lowest BCUT2D eigenvalue weighted by atomic mass is 9.85. The van der Waals surface area contributed by atoms with Crippen LogP contribution in [0.25, 0.3) is 10.9 Å². The van der Waals surface area contributed by atoms with Gasteiger partial charge in [-0.1, -0.05) is 59.6 Å². The minimum absolute atomic E-state index is 0.174. The molecule has 1 aliphatic heterocycles. The molecule has 1 saturated heterocycles. The Morgan fingerprint density at radius 3 is 2.44 bits per heavy atom. The molecule has 2 heterocycles. The number of allylic oxidation sites excluding steroid dienone is 2. The molecule has 6 rings (SSSR count). The second-order valence-corrected chi connectivity index (χ2v) is 9.54. The topological polar surface area (TPSA) is 54.7 Å². The summed E-state index contributed by atoms with van der Waals surface area (Å²) >= 11 is 12.4. The summed E-state index contributed by atoms with van der Waals surface area (Å²) in [7, 11) is 0. The van der Waals surface area contributed by atoms with Crippen molar-refractivity contribution in [2.75, 3.05) is 0 Å². The second kappa shape index (κ2) is 7.32. The van der Waals surface area contributed by atoms with Crippen LogP contribution >= 0.6 is 23.2 Å². The summed E-state index contributed by atoms with van der Waals surface area (Å²) in [5.74, 6) is -0.499. The Morgan fingerprint density at radius 1 is 1.00 bits per heavy atom. The van der Waals surface area contributed by atoms with Crippen LogP contribution in [0.5, 0.6) is 0 Å². The van der Waals surface area contributed by atoms with Crippen molar-refractivity contribution in [3.63, 3.8) is 0 Å². The quantitative estimate of drug-likeness (QED) is 0.305. The van der Waals surface area contributed by atoms with E-state index in [4.69, 9.17) is 23.2 Å². The minimum atomic E-state index is -0.247. The van der Waals surface area contributed by atoms with Gasteiger partial charge in [-0.3, -0.25) is 9.59 Å². The van der Waals surface area contributed by atoms with E-state index in [0.717, 1.165) is 33.5 Å². The van der Waals surface area contributed by atoms with Crippen molar-refractivity contribution >= 4 is 52.1 Å². The van der Waals surface area contributed by atoms with E-state index in [-0.39, 0.29) is 35.5 Å². The van der Waals surface area contributed by atoms with Gasteiger partial charge in [0.25, 0.3) is 11.8 Å². The maximum Gasteiger partial charge on any atom is 0.254 e. The molecule has 0 N–H and O–H groups in total. The van der Waals surface area contributed by atoms with E-state index in [1.54, 1.807) is 12.3 Å². The smallest absolute Gasteiger partial charge is 0.254 e. The van der Waals surface area contributed by atoms with E-state index in [2.05, 4.69) is 21.8 Å². The van der Waals surface area contributed by atoms with Gasteiger partial charge >= 0.3 is 0 Å². The number of fused-ring (bicyclic) bond motifs is 6. The van der Waals surface area contributed by atoms with E-state index >= 15 is 0 Å². The largest absolute Gasteiger partial charge is 0.342 e. The van der Waals surface area contributed by atoms with Crippen LogP contribution in [-0.2, 0) is 16.1 Å². The average molecular weight is 464 g/mol. The predicted molar refractivity (Wildman–Crippen MR) is 125 cm³/mol. The number of aromatic nitrogens is 1. The fourth-order valence-electron chi connectivity index (χ4n) is 5.46. The summed E-state index contributed by atoms with van der Waals surface area (Å²) < 4.78 is 2.08. The van der Waals surface area contributed by atoms with E-state index in [9.17, 15) is 9.59 Å². The Bertz CT molecular complexity index is 1310. The Morgan fingerprint density at radius 2 is 1.72 bits per heavy atom. The zero-order chi connectivity index (χ0) is 22.0. The van der Waals surface area contributed by atoms with Crippen molar-refractivity contribution in [1.82, 2.24) is 9.58 Å². The monoisotopic (exact) mass is 463 g/mol. The highest BCUT2D eigenvalue weighted by Crippen LogP contribution is 2.52. The number of halogens is 2. The molecule has 2 amide bonds. The molecule has 2 aliphatic carbocycles. The fourth-order valence-corrected chi connectivity index (χ4v) is 5.93. The summed E-state index contributed by atoms with van der Waals surface area (Å²) in [5.41, 5.74) is 2.80. The van der Waals surface area contributed by atoms with Crippen LogP contribution in [0.4, 0.5) is 0 Å². The van der Waals surface area contributed by atoms with Crippen molar-refractivity contribution < 1.29 is 9.59 Å². The number of hydrogen-bond acceptors (Lipinski definition) is 3. The average Bonchev–Trinajstić information content (AvgIpc) is 3.53. The highest BCUT2D eigenvalue weighted by atomic mass is 35.5. The van der Waals surface area contributed by atoms with Gasteiger partial charge in [0.05, 0.1) is 18.1 Å². The van der Waals surface area contributed by atoms with Crippen LogP contribution in [-0.4, -0.2) is 27.6 Å². The molecule has 2 aromatic carbocycles. The number of imide groups is 1. The number of benzene rings is 2. The third kappa shape index (κ3) is 2.95. The van der Waals surface area contributed by atoms with Gasteiger partial charge in [-0.2, -0.15) is 10.1 Å². The zero-order valence-electron chi connectivity index (χ0n) is 17.0. The molecule has 4 unspecified atom stereocenters. The van der Waals surface area contributed by atoms with Crippen molar-refractivity contribution in [3.8, 4) is 0 Å². The van der Waals surface area contributed by atoms with Crippen LogP contribution < -0.4 is 0 Å². The lowest BCUT2D eigenvalue weighted by Crippen LogP contribution is -2.28. The Labute approximate surface area is 194 Å². The van der Waals surface area contributed by atoms with E-state index < -0.39 is 0 Å². The predicted octanol–water partition coefficient (Wildman–Crippen LogP) is 5.14. The number of rotatable bonds is 4. The Hall–Kier alpha value is -2.89. The molecule has 1 aromatic heterocycles. The van der Waals surface area contributed by atoms with E-state index in [1.807, 2.05) is 42.6 Å². The minimum Gasteiger partial charge on any atom is -0.342 e. The van der Waals surface area contributed by atoms with Gasteiger partial charge < -0.3 is 4.57 Å². The maximum absolute atomic E-state index is 12.9. The molecule has 0 spiro atoms. The van der Waals surface area contributed by atoms with Gasteiger partial charge in [-0.15, -0.1) is 0 Å². The number of hydrogen-bond donors (Lipinski definition) is 0. The maximum atomic E-state index is 12.9. The van der Waals surface area contributed by atoms with Gasteiger partial charge in [0.15, 0.2) is 0 Å². The molecule has 5 nitrogen and oxygen atoms in total. The van der Waals surface area contributed by atoms with Crippen molar-refractivity contribution in [1.29, 1.82) is 0 Å². The third-order valence-electron chi connectivity index (χ3n) is 6.93. The van der Waals surface area contributed by atoms with Crippen molar-refractivity contribution in [2.24, 2.45) is 28.8 Å². The highest BCUT2D eigenvalue weighted by molar-refractivity contribution is 6.35. The summed E-state index contributed by atoms with van der Waals surface area (Å²) in [5, 5.41) is 7.63. The lowest BCUT2D eigenvalue weighted by Gasteiger charge is -2.13. The number of carbonyl (C=O) groups excluding carboxylic acids is 2. The van der Waals surface area contributed by atoms with Crippen molar-refractivity contribution in [3.05, 3.63) is 82.0 Å². The normalized spacial score (nSPS) is 26.2. The third-order valence-corrected chi connectivity index (χ3v) is 7.52. The molecular formula is C25H19Cl2N3O2. The first-order valence-corrected chi connectivity index (χ1v) is 11.4. The molecule has 2 bridgehead atoms. The van der Waals surface area contributed by atoms with Gasteiger partial charge in [0, 0.05) is 39.3 Å². The van der Waals surface area contributed by atoms with Crippen LogP contribution in [0.3, 0.4) is 0 Å². The SMILES string of the molecule is O=C1C2C3C=CC(C3)C2C(=O)N1/N=C/c1cn(Cc2ccc(Cl)cc2Cl)c2ccccc12. The van der Waals surface area contributed by atoms with E-state index in [1.165, 1.54) is 0 Å². The fraction of sp³-hybridized carbons (Fsp3) is 0.240. The number of carbonyl (C=O) groups is 2. The van der Waals surface area contributed by atoms with Crippen LogP contribution in [0.2, 0.25) is 10.0 Å². The van der Waals surface area contributed by atoms with E-state index in [0.29, 0.717) is 16.6 Å². The molecule has 3 aliphatic rings. The van der Waals surface area contributed by atoms with Crippen LogP contribution in [0.15, 0.2) is 65.9 Å². The standard InChI is InChI=1S/C25H19Cl2N3O2/c26-18-8-7-16(20(27)10-18)12-29-13-17(19-3-1-2-4-21(19)29)11-28-30-24(31)22-14-5-6-15(9-14)23(22)25(30)32/h1-8,10-11,13-15,22-23H,9,12H2/b28-11+. The number of hydrazone groups is 1. The summed E-state index contributed by atoms with van der Waals surface area (Å²) in [6, 6.07) is 13.4. The molecule has 7 heteroatoms. The van der Waals surface area contributed by atoms with Crippen LogP contribution in [0.1, 0.15) is 17.5 Å². The molecule has 160 valence electrons. The Kier molecular flexibility index (Phi) is 4.52. The summed E-state index contributed by atoms with van der Waals surface area (Å²) in [6.07, 6.45) is 8.66. The molecule has 2 fully saturated rings. The summed E-state index contributed by atoms with van der Waals surface area (Å²) in [4.78, 5) is 25.8. The second-order valence-electron chi connectivity index (χ2n) is 8.70. The first-order chi connectivity index (χ1) is 15.5. The van der Waals surface area contributed by atoms with Crippen LogP contribution in [0, 0.1) is 23.7 Å². The molecule has 1 saturated carbocycles. The summed E-state index contributed by atoms with van der Waals surface area (Å²) in [6.45, 7) is 0.561. The van der Waals surface area contributed by atoms with Gasteiger partial charge in [0.1, 0.15) is 0 Å². The van der Waals surface area contributed by atoms with Gasteiger partial charge in [0.2, 0.25) is 0 Å². The number of nitrogens with zero attached hydrogens (tertiary/aromatic N) is 3. The molecule has 4 atom stereocenters. The molecule has 32 heavy (non-hydrogen) atoms. The van der Waals surface area contributed by atoms with Gasteiger partial charge in [-0.25, -0.2) is 0 Å². The lowest BCUT2D eigenvalue weighted by molar-refractivity contribution is -0.140. The highest BCUT2D eigenvalue weighted by Gasteiger charge is 2.59. The Balaban J connectivity index is 1.32.